The van der Waals surface area contributed by atoms with Crippen LogP contribution in [0, 0.1) is 11.7 Å². The van der Waals surface area contributed by atoms with Gasteiger partial charge in [0.15, 0.2) is 6.61 Å². The number of carboxylic acids is 1. The van der Waals surface area contributed by atoms with Crippen molar-refractivity contribution in [2.24, 2.45) is 5.92 Å². The standard InChI is InChI=1S/C21H24FNO4/c1-14(7-8-17-5-3-4-6-19(17)22)21(26)23-15(2)16-9-11-18(12-10-16)27-13-20(24)25/h3-6,9-12,14-15H,7-8,13H2,1-2H3,(H,23,26)(H,24,25). The number of nitrogens with one attached hydrogen (secondary N) is 1. The van der Waals surface area contributed by atoms with Gasteiger partial charge in [0.1, 0.15) is 11.6 Å². The highest BCUT2D eigenvalue weighted by Gasteiger charge is 2.17. The van der Waals surface area contributed by atoms with Crippen LogP contribution < -0.4 is 10.1 Å². The largest absolute Gasteiger partial charge is 0.482 e. The summed E-state index contributed by atoms with van der Waals surface area (Å²) in [6, 6.07) is 13.3. The Morgan fingerprint density at radius 2 is 1.78 bits per heavy atom. The lowest BCUT2D eigenvalue weighted by Crippen LogP contribution is -2.31. The second kappa shape index (κ2) is 9.71. The summed E-state index contributed by atoms with van der Waals surface area (Å²) < 4.78 is 18.7. The molecule has 0 spiro atoms. The number of carboxylic acid groups (broad SMARTS) is 1. The van der Waals surface area contributed by atoms with Gasteiger partial charge in [0.05, 0.1) is 6.04 Å². The number of ether oxygens (including phenoxy) is 1. The minimum Gasteiger partial charge on any atom is -0.482 e. The van der Waals surface area contributed by atoms with E-state index < -0.39 is 12.6 Å². The van der Waals surface area contributed by atoms with E-state index >= 15 is 0 Å². The summed E-state index contributed by atoms with van der Waals surface area (Å²) in [5.41, 5.74) is 1.49. The van der Waals surface area contributed by atoms with Crippen molar-refractivity contribution in [3.63, 3.8) is 0 Å². The molecule has 27 heavy (non-hydrogen) atoms. The van der Waals surface area contributed by atoms with Crippen LogP contribution >= 0.6 is 0 Å². The number of aryl methyl sites for hydroxylation is 1. The van der Waals surface area contributed by atoms with Crippen molar-refractivity contribution >= 4 is 11.9 Å². The maximum Gasteiger partial charge on any atom is 0.341 e. The second-order valence-corrected chi connectivity index (χ2v) is 6.51. The van der Waals surface area contributed by atoms with Gasteiger partial charge < -0.3 is 15.2 Å². The Hall–Kier alpha value is -2.89. The zero-order valence-corrected chi connectivity index (χ0v) is 15.4. The summed E-state index contributed by atoms with van der Waals surface area (Å²) in [4.78, 5) is 22.9. The molecule has 2 N–H and O–H groups in total. The average molecular weight is 373 g/mol. The molecular weight excluding hydrogens is 349 g/mol. The molecule has 0 heterocycles. The highest BCUT2D eigenvalue weighted by atomic mass is 19.1. The first-order valence-electron chi connectivity index (χ1n) is 8.85. The Morgan fingerprint density at radius 1 is 1.11 bits per heavy atom. The van der Waals surface area contributed by atoms with Crippen LogP contribution in [-0.4, -0.2) is 23.6 Å². The molecule has 2 aromatic rings. The molecule has 2 rings (SSSR count). The zero-order valence-electron chi connectivity index (χ0n) is 15.4. The predicted molar refractivity (Wildman–Crippen MR) is 100 cm³/mol. The highest BCUT2D eigenvalue weighted by Crippen LogP contribution is 2.19. The molecular formula is C21H24FNO4. The molecule has 0 bridgehead atoms. The van der Waals surface area contributed by atoms with E-state index in [1.165, 1.54) is 6.07 Å². The number of aliphatic carboxylic acids is 1. The summed E-state index contributed by atoms with van der Waals surface area (Å²) in [6.45, 7) is 3.30. The molecule has 2 unspecified atom stereocenters. The molecule has 0 fully saturated rings. The molecule has 0 saturated heterocycles. The zero-order chi connectivity index (χ0) is 19.8. The van der Waals surface area contributed by atoms with Crippen molar-refractivity contribution in [1.29, 1.82) is 0 Å². The first kappa shape index (κ1) is 20.4. The molecule has 0 radical (unpaired) electrons. The van der Waals surface area contributed by atoms with Crippen molar-refractivity contribution in [1.82, 2.24) is 5.32 Å². The summed E-state index contributed by atoms with van der Waals surface area (Å²) >= 11 is 0. The molecule has 0 aliphatic rings. The molecule has 0 aliphatic heterocycles. The van der Waals surface area contributed by atoms with E-state index in [0.717, 1.165) is 5.56 Å². The van der Waals surface area contributed by atoms with Crippen LogP contribution in [0.4, 0.5) is 4.39 Å². The molecule has 6 heteroatoms. The van der Waals surface area contributed by atoms with Crippen LogP contribution in [-0.2, 0) is 16.0 Å². The molecule has 5 nitrogen and oxygen atoms in total. The molecule has 1 amide bonds. The van der Waals surface area contributed by atoms with E-state index in [4.69, 9.17) is 9.84 Å². The Bertz CT molecular complexity index is 776. The molecule has 0 aliphatic carbocycles. The van der Waals surface area contributed by atoms with Gasteiger partial charge in [-0.05, 0) is 49.1 Å². The fourth-order valence-corrected chi connectivity index (χ4v) is 2.64. The smallest absolute Gasteiger partial charge is 0.341 e. The first-order valence-corrected chi connectivity index (χ1v) is 8.85. The second-order valence-electron chi connectivity index (χ2n) is 6.51. The highest BCUT2D eigenvalue weighted by molar-refractivity contribution is 5.78. The molecule has 2 aromatic carbocycles. The SMILES string of the molecule is CC(CCc1ccccc1F)C(=O)NC(C)c1ccc(OCC(=O)O)cc1. The van der Waals surface area contributed by atoms with Gasteiger partial charge in [-0.25, -0.2) is 9.18 Å². The minimum atomic E-state index is -1.04. The fraction of sp³-hybridized carbons (Fsp3) is 0.333. The average Bonchev–Trinajstić information content (AvgIpc) is 2.65. The third-order valence-electron chi connectivity index (χ3n) is 4.35. The van der Waals surface area contributed by atoms with Crippen molar-refractivity contribution in [2.75, 3.05) is 6.61 Å². The lowest BCUT2D eigenvalue weighted by molar-refractivity contribution is -0.139. The van der Waals surface area contributed by atoms with E-state index in [1.54, 1.807) is 42.5 Å². The number of benzene rings is 2. The van der Waals surface area contributed by atoms with Crippen LogP contribution in [0.15, 0.2) is 48.5 Å². The van der Waals surface area contributed by atoms with Gasteiger partial charge in [-0.15, -0.1) is 0 Å². The van der Waals surface area contributed by atoms with Gasteiger partial charge in [-0.2, -0.15) is 0 Å². The van der Waals surface area contributed by atoms with E-state index in [1.807, 2.05) is 13.8 Å². The molecule has 2 atom stereocenters. The summed E-state index contributed by atoms with van der Waals surface area (Å²) in [5, 5.41) is 11.6. The first-order chi connectivity index (χ1) is 12.9. The molecule has 0 aromatic heterocycles. The van der Waals surface area contributed by atoms with Gasteiger partial charge in [0.2, 0.25) is 5.91 Å². The van der Waals surface area contributed by atoms with Gasteiger partial charge >= 0.3 is 5.97 Å². The molecule has 0 saturated carbocycles. The number of halogens is 1. The third-order valence-corrected chi connectivity index (χ3v) is 4.35. The number of hydrogen-bond donors (Lipinski definition) is 2. The number of amides is 1. The summed E-state index contributed by atoms with van der Waals surface area (Å²) in [7, 11) is 0. The van der Waals surface area contributed by atoms with Crippen molar-refractivity contribution in [3.05, 3.63) is 65.5 Å². The van der Waals surface area contributed by atoms with Crippen LogP contribution in [0.3, 0.4) is 0 Å². The Balaban J connectivity index is 1.85. The van der Waals surface area contributed by atoms with E-state index in [9.17, 15) is 14.0 Å². The van der Waals surface area contributed by atoms with E-state index in [0.29, 0.717) is 24.2 Å². The van der Waals surface area contributed by atoms with Crippen LogP contribution in [0.1, 0.15) is 37.4 Å². The van der Waals surface area contributed by atoms with Crippen molar-refractivity contribution < 1.29 is 23.8 Å². The van der Waals surface area contributed by atoms with E-state index in [-0.39, 0.29) is 23.7 Å². The lowest BCUT2D eigenvalue weighted by atomic mass is 9.99. The van der Waals surface area contributed by atoms with Gasteiger partial charge in [-0.1, -0.05) is 37.3 Å². The Labute approximate surface area is 158 Å². The van der Waals surface area contributed by atoms with Crippen LogP contribution in [0.5, 0.6) is 5.75 Å². The van der Waals surface area contributed by atoms with E-state index in [2.05, 4.69) is 5.32 Å². The normalized spacial score (nSPS) is 12.9. The lowest BCUT2D eigenvalue weighted by Gasteiger charge is -2.18. The Morgan fingerprint density at radius 3 is 2.41 bits per heavy atom. The topological polar surface area (TPSA) is 75.6 Å². The van der Waals surface area contributed by atoms with Gasteiger partial charge in [-0.3, -0.25) is 4.79 Å². The van der Waals surface area contributed by atoms with Gasteiger partial charge in [0, 0.05) is 5.92 Å². The quantitative estimate of drug-likeness (QED) is 0.702. The maximum atomic E-state index is 13.7. The monoisotopic (exact) mass is 373 g/mol. The predicted octanol–water partition coefficient (Wildman–Crippen LogP) is 3.74. The number of carbonyl (C=O) groups excluding carboxylic acids is 1. The van der Waals surface area contributed by atoms with Crippen LogP contribution in [0.2, 0.25) is 0 Å². The van der Waals surface area contributed by atoms with Crippen molar-refractivity contribution in [3.8, 4) is 5.75 Å². The fourth-order valence-electron chi connectivity index (χ4n) is 2.64. The van der Waals surface area contributed by atoms with Crippen LogP contribution in [0.25, 0.3) is 0 Å². The summed E-state index contributed by atoms with van der Waals surface area (Å²) in [6.07, 6.45) is 1.06. The third kappa shape index (κ3) is 6.40. The maximum absolute atomic E-state index is 13.7. The van der Waals surface area contributed by atoms with Crippen molar-refractivity contribution in [2.45, 2.75) is 32.7 Å². The molecule has 144 valence electrons. The Kier molecular flexibility index (Phi) is 7.34. The summed E-state index contributed by atoms with van der Waals surface area (Å²) in [5.74, 6) is -1.17. The minimum absolute atomic E-state index is 0.0926. The number of hydrogen-bond acceptors (Lipinski definition) is 3. The van der Waals surface area contributed by atoms with Gasteiger partial charge in [0.25, 0.3) is 0 Å². The number of rotatable bonds is 9. The number of carbonyl (C=O) groups is 2.